The van der Waals surface area contributed by atoms with Crippen molar-refractivity contribution < 1.29 is 9.90 Å². The van der Waals surface area contributed by atoms with Gasteiger partial charge in [0.25, 0.3) is 5.91 Å². The van der Waals surface area contributed by atoms with E-state index in [4.69, 9.17) is 11.6 Å². The van der Waals surface area contributed by atoms with Crippen molar-refractivity contribution in [3.63, 3.8) is 0 Å². The molecule has 0 aliphatic rings. The summed E-state index contributed by atoms with van der Waals surface area (Å²) in [6.45, 7) is 2.07. The number of halogens is 1. The van der Waals surface area contributed by atoms with Crippen molar-refractivity contribution in [3.05, 3.63) is 64.4 Å². The lowest BCUT2D eigenvalue weighted by Gasteiger charge is -2.14. The van der Waals surface area contributed by atoms with Crippen molar-refractivity contribution in [1.29, 1.82) is 0 Å². The molecule has 2 aromatic rings. The van der Waals surface area contributed by atoms with E-state index >= 15 is 0 Å². The van der Waals surface area contributed by atoms with Crippen LogP contribution in [0.25, 0.3) is 0 Å². The van der Waals surface area contributed by atoms with Crippen LogP contribution in [0.1, 0.15) is 27.6 Å². The number of carbonyl (C=O) groups is 1. The maximum atomic E-state index is 11.9. The van der Waals surface area contributed by atoms with Crippen LogP contribution in [0.3, 0.4) is 0 Å². The number of carbonyl (C=O) groups excluding carboxylic acids is 1. The largest absolute Gasteiger partial charge is 0.387 e. The molecule has 0 saturated heterocycles. The van der Waals surface area contributed by atoms with Gasteiger partial charge in [0.2, 0.25) is 0 Å². The minimum atomic E-state index is -0.736. The Kier molecular flexibility index (Phi) is 4.71. The molecule has 1 amide bonds. The van der Waals surface area contributed by atoms with Gasteiger partial charge in [-0.1, -0.05) is 35.9 Å². The first kappa shape index (κ1) is 14.5. The summed E-state index contributed by atoms with van der Waals surface area (Å²) in [5, 5.41) is 13.1. The predicted octanol–water partition coefficient (Wildman–Crippen LogP) is 2.51. The van der Waals surface area contributed by atoms with Gasteiger partial charge in [-0.25, -0.2) is 4.98 Å². The van der Waals surface area contributed by atoms with E-state index in [-0.39, 0.29) is 12.5 Å². The van der Waals surface area contributed by atoms with Crippen molar-refractivity contribution in [2.24, 2.45) is 0 Å². The van der Waals surface area contributed by atoms with Crippen LogP contribution in [0.4, 0.5) is 0 Å². The minimum absolute atomic E-state index is 0.145. The second-order valence-electron chi connectivity index (χ2n) is 4.45. The number of benzene rings is 1. The first-order valence-corrected chi connectivity index (χ1v) is 6.59. The Morgan fingerprint density at radius 1 is 1.35 bits per heavy atom. The van der Waals surface area contributed by atoms with E-state index in [0.717, 1.165) is 11.1 Å². The molecule has 1 heterocycles. The monoisotopic (exact) mass is 290 g/mol. The van der Waals surface area contributed by atoms with E-state index in [1.807, 2.05) is 31.2 Å². The molecule has 104 valence electrons. The number of nitrogens with one attached hydrogen (secondary N) is 1. The highest BCUT2D eigenvalue weighted by Crippen LogP contribution is 2.16. The number of hydrogen-bond acceptors (Lipinski definition) is 3. The third-order valence-corrected chi connectivity index (χ3v) is 3.22. The molecule has 0 radical (unpaired) electrons. The zero-order valence-corrected chi connectivity index (χ0v) is 11.8. The summed E-state index contributed by atoms with van der Waals surface area (Å²) in [7, 11) is 0. The van der Waals surface area contributed by atoms with Crippen LogP contribution in [-0.4, -0.2) is 22.5 Å². The zero-order valence-electron chi connectivity index (χ0n) is 11.0. The molecule has 1 aromatic carbocycles. The molecular formula is C15H15ClN2O2. The molecule has 4 nitrogen and oxygen atoms in total. The van der Waals surface area contributed by atoms with Crippen LogP contribution < -0.4 is 5.32 Å². The standard InChI is InChI=1S/C15H15ClN2O2/c1-10-4-2-3-5-12(10)13(19)9-18-15(20)11-6-7-14(16)17-8-11/h2-8,13,19H,9H2,1H3,(H,18,20). The number of rotatable bonds is 4. The second kappa shape index (κ2) is 6.50. The summed E-state index contributed by atoms with van der Waals surface area (Å²) < 4.78 is 0. The van der Waals surface area contributed by atoms with Crippen LogP contribution in [0.2, 0.25) is 5.15 Å². The molecule has 0 saturated carbocycles. The average Bonchev–Trinajstić information content (AvgIpc) is 2.45. The molecule has 2 rings (SSSR count). The van der Waals surface area contributed by atoms with E-state index in [1.54, 1.807) is 12.1 Å². The number of aliphatic hydroxyl groups excluding tert-OH is 1. The summed E-state index contributed by atoms with van der Waals surface area (Å²) in [4.78, 5) is 15.7. The van der Waals surface area contributed by atoms with Crippen LogP contribution >= 0.6 is 11.6 Å². The Labute approximate surface area is 122 Å². The van der Waals surface area contributed by atoms with Gasteiger partial charge < -0.3 is 10.4 Å². The molecule has 0 aliphatic carbocycles. The van der Waals surface area contributed by atoms with Crippen LogP contribution in [0, 0.1) is 6.92 Å². The average molecular weight is 291 g/mol. The Balaban J connectivity index is 1.97. The van der Waals surface area contributed by atoms with Crippen molar-refractivity contribution in [3.8, 4) is 0 Å². The molecule has 1 atom stereocenters. The number of amides is 1. The highest BCUT2D eigenvalue weighted by atomic mass is 35.5. The third-order valence-electron chi connectivity index (χ3n) is 2.99. The van der Waals surface area contributed by atoms with Gasteiger partial charge in [-0.2, -0.15) is 0 Å². The lowest BCUT2D eigenvalue weighted by molar-refractivity contribution is 0.0915. The van der Waals surface area contributed by atoms with Gasteiger partial charge in [0, 0.05) is 12.7 Å². The Hall–Kier alpha value is -1.91. The van der Waals surface area contributed by atoms with E-state index in [0.29, 0.717) is 10.7 Å². The molecule has 0 spiro atoms. The molecular weight excluding hydrogens is 276 g/mol. The third kappa shape index (κ3) is 3.56. The summed E-state index contributed by atoms with van der Waals surface area (Å²) in [6, 6.07) is 10.7. The fourth-order valence-electron chi connectivity index (χ4n) is 1.87. The lowest BCUT2D eigenvalue weighted by atomic mass is 10.0. The number of pyridine rings is 1. The smallest absolute Gasteiger partial charge is 0.252 e. The highest BCUT2D eigenvalue weighted by Gasteiger charge is 2.12. The molecule has 5 heteroatoms. The fraction of sp³-hybridized carbons (Fsp3) is 0.200. The van der Waals surface area contributed by atoms with E-state index in [1.165, 1.54) is 6.20 Å². The van der Waals surface area contributed by atoms with Gasteiger partial charge in [0.15, 0.2) is 0 Å². The zero-order chi connectivity index (χ0) is 14.5. The number of nitrogens with zero attached hydrogens (tertiary/aromatic N) is 1. The molecule has 1 aromatic heterocycles. The fourth-order valence-corrected chi connectivity index (χ4v) is 1.98. The van der Waals surface area contributed by atoms with Crippen molar-refractivity contribution in [1.82, 2.24) is 10.3 Å². The van der Waals surface area contributed by atoms with Gasteiger partial charge in [0.05, 0.1) is 11.7 Å². The highest BCUT2D eigenvalue weighted by molar-refractivity contribution is 6.29. The molecule has 0 fully saturated rings. The Morgan fingerprint density at radius 2 is 2.10 bits per heavy atom. The summed E-state index contributed by atoms with van der Waals surface area (Å²) in [5.74, 6) is -0.290. The lowest BCUT2D eigenvalue weighted by Crippen LogP contribution is -2.28. The van der Waals surface area contributed by atoms with Crippen LogP contribution in [-0.2, 0) is 0 Å². The topological polar surface area (TPSA) is 62.2 Å². The van der Waals surface area contributed by atoms with E-state index in [2.05, 4.69) is 10.3 Å². The van der Waals surface area contributed by atoms with Gasteiger partial charge in [-0.05, 0) is 30.2 Å². The number of aromatic nitrogens is 1. The number of aryl methyl sites for hydroxylation is 1. The Morgan fingerprint density at radius 3 is 2.75 bits per heavy atom. The number of aliphatic hydroxyl groups is 1. The molecule has 0 bridgehead atoms. The molecule has 1 unspecified atom stereocenters. The quantitative estimate of drug-likeness (QED) is 0.851. The maximum Gasteiger partial charge on any atom is 0.252 e. The SMILES string of the molecule is Cc1ccccc1C(O)CNC(=O)c1ccc(Cl)nc1. The van der Waals surface area contributed by atoms with Gasteiger partial charge >= 0.3 is 0 Å². The summed E-state index contributed by atoms with van der Waals surface area (Å²) in [5.41, 5.74) is 2.20. The van der Waals surface area contributed by atoms with Gasteiger partial charge in [-0.15, -0.1) is 0 Å². The van der Waals surface area contributed by atoms with E-state index < -0.39 is 6.10 Å². The number of hydrogen-bond donors (Lipinski definition) is 2. The van der Waals surface area contributed by atoms with Crippen LogP contribution in [0.15, 0.2) is 42.6 Å². The molecule has 0 aliphatic heterocycles. The van der Waals surface area contributed by atoms with Crippen LogP contribution in [0.5, 0.6) is 0 Å². The first-order chi connectivity index (χ1) is 9.58. The first-order valence-electron chi connectivity index (χ1n) is 6.21. The van der Waals surface area contributed by atoms with Crippen molar-refractivity contribution >= 4 is 17.5 Å². The van der Waals surface area contributed by atoms with Gasteiger partial charge in [0.1, 0.15) is 5.15 Å². The summed E-state index contributed by atoms with van der Waals surface area (Å²) in [6.07, 6.45) is 0.665. The Bertz CT molecular complexity index is 599. The normalized spacial score (nSPS) is 11.9. The summed E-state index contributed by atoms with van der Waals surface area (Å²) >= 11 is 5.66. The second-order valence-corrected chi connectivity index (χ2v) is 4.84. The predicted molar refractivity (Wildman–Crippen MR) is 77.7 cm³/mol. The van der Waals surface area contributed by atoms with Crippen molar-refractivity contribution in [2.45, 2.75) is 13.0 Å². The molecule has 2 N–H and O–H groups in total. The molecule has 20 heavy (non-hydrogen) atoms. The minimum Gasteiger partial charge on any atom is -0.387 e. The van der Waals surface area contributed by atoms with E-state index in [9.17, 15) is 9.90 Å². The maximum absolute atomic E-state index is 11.9. The van der Waals surface area contributed by atoms with Crippen molar-refractivity contribution in [2.75, 3.05) is 6.54 Å². The van der Waals surface area contributed by atoms with Gasteiger partial charge in [-0.3, -0.25) is 4.79 Å².